The Morgan fingerprint density at radius 1 is 1.23 bits per heavy atom. The van der Waals surface area contributed by atoms with Crippen LogP contribution in [0.1, 0.15) is 56.6 Å². The average molecular weight is 303 g/mol. The quantitative estimate of drug-likeness (QED) is 0.684. The molecule has 0 bridgehead atoms. The molecule has 2 aliphatic rings. The molecule has 1 heterocycles. The molecule has 22 heavy (non-hydrogen) atoms. The molecule has 2 fully saturated rings. The molecule has 0 amide bonds. The fourth-order valence-corrected chi connectivity index (χ4v) is 3.21. The Kier molecular flexibility index (Phi) is 3.57. The van der Waals surface area contributed by atoms with Gasteiger partial charge in [-0.3, -0.25) is 9.59 Å². The van der Waals surface area contributed by atoms with Gasteiger partial charge in [-0.2, -0.15) is 5.90 Å². The number of nitrogens with two attached hydrogens (primary N) is 1. The number of rotatable bonds is 3. The van der Waals surface area contributed by atoms with Crippen LogP contribution in [0.25, 0.3) is 0 Å². The van der Waals surface area contributed by atoms with Crippen molar-refractivity contribution in [1.29, 1.82) is 0 Å². The van der Waals surface area contributed by atoms with E-state index < -0.39 is 17.6 Å². The molecule has 2 unspecified atom stereocenters. The molecule has 1 aliphatic heterocycles. The number of carbonyl (C=O) groups is 2. The van der Waals surface area contributed by atoms with Crippen molar-refractivity contribution < 1.29 is 19.2 Å². The van der Waals surface area contributed by atoms with Crippen LogP contribution in [0, 0.1) is 0 Å². The highest BCUT2D eigenvalue weighted by molar-refractivity contribution is 6.14. The summed E-state index contributed by atoms with van der Waals surface area (Å²) >= 11 is 0. The lowest BCUT2D eigenvalue weighted by atomic mass is 9.77. The second-order valence-electron chi connectivity index (χ2n) is 6.65. The van der Waals surface area contributed by atoms with Gasteiger partial charge in [0.2, 0.25) is 0 Å². The van der Waals surface area contributed by atoms with E-state index in [2.05, 4.69) is 0 Å². The van der Waals surface area contributed by atoms with Crippen molar-refractivity contribution in [2.75, 3.05) is 0 Å². The second-order valence-corrected chi connectivity index (χ2v) is 6.65. The van der Waals surface area contributed by atoms with Gasteiger partial charge in [-0.25, -0.2) is 0 Å². The first kappa shape index (κ1) is 15.2. The number of Topliss-reactive ketones (excluding diaryl/α,β-unsaturated/α-hetero) is 2. The van der Waals surface area contributed by atoms with Crippen LogP contribution in [0.4, 0.5) is 0 Å². The third-order valence-electron chi connectivity index (χ3n) is 4.53. The van der Waals surface area contributed by atoms with Crippen molar-refractivity contribution in [1.82, 2.24) is 0 Å². The molecule has 118 valence electrons. The minimum Gasteiger partial charge on any atom is -0.412 e. The van der Waals surface area contributed by atoms with Crippen LogP contribution >= 0.6 is 0 Å². The summed E-state index contributed by atoms with van der Waals surface area (Å²) < 4.78 is 5.57. The lowest BCUT2D eigenvalue weighted by Gasteiger charge is -2.37. The number of carbonyl (C=O) groups excluding carboxylic acids is 2. The minimum atomic E-state index is -0.974. The Morgan fingerprint density at radius 3 is 2.50 bits per heavy atom. The number of ketones is 2. The van der Waals surface area contributed by atoms with E-state index >= 15 is 0 Å². The molecule has 5 nitrogen and oxygen atoms in total. The smallest absolute Gasteiger partial charge is 0.179 e. The predicted octanol–water partition coefficient (Wildman–Crippen LogP) is 2.24. The van der Waals surface area contributed by atoms with Gasteiger partial charge in [0.15, 0.2) is 11.6 Å². The molecule has 1 saturated heterocycles. The standard InChI is InChI=1S/C17H21NO4/c1-9-15(19)14(16(20)17(2,3)21-9)13-8-11(22-18)6-7-12(13)10-4-5-10/h6-10,14H,4-5,18H2,1-3H3. The molecule has 3 rings (SSSR count). The topological polar surface area (TPSA) is 78.6 Å². The molecule has 2 N–H and O–H groups in total. The summed E-state index contributed by atoms with van der Waals surface area (Å²) in [6.07, 6.45) is 1.56. The Labute approximate surface area is 129 Å². The predicted molar refractivity (Wildman–Crippen MR) is 80.6 cm³/mol. The van der Waals surface area contributed by atoms with Gasteiger partial charge in [-0.15, -0.1) is 0 Å². The summed E-state index contributed by atoms with van der Waals surface area (Å²) in [6, 6.07) is 5.42. The van der Waals surface area contributed by atoms with Crippen molar-refractivity contribution in [2.24, 2.45) is 5.90 Å². The molecular formula is C17H21NO4. The monoisotopic (exact) mass is 303 g/mol. The minimum absolute atomic E-state index is 0.194. The summed E-state index contributed by atoms with van der Waals surface area (Å²) in [6.45, 7) is 5.13. The lowest BCUT2D eigenvalue weighted by molar-refractivity contribution is -0.168. The maximum Gasteiger partial charge on any atom is 0.179 e. The Morgan fingerprint density at radius 2 is 1.91 bits per heavy atom. The zero-order chi connectivity index (χ0) is 16.1. The van der Waals surface area contributed by atoms with Gasteiger partial charge in [-0.1, -0.05) is 6.07 Å². The zero-order valence-corrected chi connectivity index (χ0v) is 13.1. The fourth-order valence-electron chi connectivity index (χ4n) is 3.21. The van der Waals surface area contributed by atoms with Crippen LogP contribution in [-0.2, 0) is 14.3 Å². The van der Waals surface area contributed by atoms with Gasteiger partial charge in [0, 0.05) is 0 Å². The number of benzene rings is 1. The summed E-state index contributed by atoms with van der Waals surface area (Å²) in [4.78, 5) is 30.2. The van der Waals surface area contributed by atoms with Crippen LogP contribution in [0.3, 0.4) is 0 Å². The maximum absolute atomic E-state index is 12.8. The van der Waals surface area contributed by atoms with Gasteiger partial charge in [0.05, 0.1) is 0 Å². The molecule has 0 spiro atoms. The summed E-state index contributed by atoms with van der Waals surface area (Å²) in [5, 5.41) is 0. The number of hydrogen-bond acceptors (Lipinski definition) is 5. The third kappa shape index (κ3) is 2.44. The normalized spacial score (nSPS) is 27.8. The van der Waals surface area contributed by atoms with Crippen molar-refractivity contribution in [3.8, 4) is 5.75 Å². The van der Waals surface area contributed by atoms with E-state index in [-0.39, 0.29) is 11.6 Å². The summed E-state index contributed by atoms with van der Waals surface area (Å²) in [7, 11) is 0. The highest BCUT2D eigenvalue weighted by atomic mass is 16.6. The largest absolute Gasteiger partial charge is 0.412 e. The van der Waals surface area contributed by atoms with Crippen molar-refractivity contribution >= 4 is 11.6 Å². The van der Waals surface area contributed by atoms with Crippen LogP contribution in [-0.4, -0.2) is 23.3 Å². The van der Waals surface area contributed by atoms with Crippen molar-refractivity contribution in [2.45, 2.75) is 57.2 Å². The van der Waals surface area contributed by atoms with Crippen molar-refractivity contribution in [3.05, 3.63) is 29.3 Å². The van der Waals surface area contributed by atoms with E-state index in [1.54, 1.807) is 32.9 Å². The van der Waals surface area contributed by atoms with Gasteiger partial charge >= 0.3 is 0 Å². The van der Waals surface area contributed by atoms with Crippen LogP contribution in [0.2, 0.25) is 0 Å². The van der Waals surface area contributed by atoms with Gasteiger partial charge < -0.3 is 9.57 Å². The first-order chi connectivity index (χ1) is 10.3. The molecular weight excluding hydrogens is 282 g/mol. The Balaban J connectivity index is 2.11. The Hall–Kier alpha value is -1.72. The van der Waals surface area contributed by atoms with E-state index in [9.17, 15) is 9.59 Å². The fraction of sp³-hybridized carbons (Fsp3) is 0.529. The van der Waals surface area contributed by atoms with Crippen molar-refractivity contribution in [3.63, 3.8) is 0 Å². The summed E-state index contributed by atoms with van der Waals surface area (Å²) in [5.41, 5.74) is 0.805. The first-order valence-electron chi connectivity index (χ1n) is 7.61. The molecule has 1 aromatic rings. The van der Waals surface area contributed by atoms with Gasteiger partial charge in [-0.05, 0) is 62.8 Å². The maximum atomic E-state index is 12.8. The lowest BCUT2D eigenvalue weighted by Crippen LogP contribution is -2.52. The van der Waals surface area contributed by atoms with Gasteiger partial charge in [0.25, 0.3) is 0 Å². The SMILES string of the molecule is CC1OC(C)(C)C(=O)C(c2cc(ON)ccc2C2CC2)C1=O. The summed E-state index contributed by atoms with van der Waals surface area (Å²) in [5.74, 6) is 4.92. The molecule has 5 heteroatoms. The first-order valence-corrected chi connectivity index (χ1v) is 7.61. The molecule has 2 atom stereocenters. The molecule has 1 aliphatic carbocycles. The molecule has 1 aromatic carbocycles. The average Bonchev–Trinajstić information content (AvgIpc) is 3.30. The van der Waals surface area contributed by atoms with Crippen LogP contribution in [0.15, 0.2) is 18.2 Å². The molecule has 1 saturated carbocycles. The molecule has 0 radical (unpaired) electrons. The highest BCUT2D eigenvalue weighted by Crippen LogP contribution is 2.46. The van der Waals surface area contributed by atoms with Crippen LogP contribution in [0.5, 0.6) is 5.75 Å². The highest BCUT2D eigenvalue weighted by Gasteiger charge is 2.48. The second kappa shape index (κ2) is 5.18. The van der Waals surface area contributed by atoms with E-state index in [1.807, 2.05) is 6.07 Å². The van der Waals surface area contributed by atoms with E-state index in [0.717, 1.165) is 24.0 Å². The van der Waals surface area contributed by atoms with E-state index in [1.165, 1.54) is 0 Å². The van der Waals surface area contributed by atoms with Crippen LogP contribution < -0.4 is 10.7 Å². The molecule has 0 aromatic heterocycles. The van der Waals surface area contributed by atoms with E-state index in [0.29, 0.717) is 11.7 Å². The third-order valence-corrected chi connectivity index (χ3v) is 4.53. The van der Waals surface area contributed by atoms with E-state index in [4.69, 9.17) is 15.5 Å². The van der Waals surface area contributed by atoms with Gasteiger partial charge in [0.1, 0.15) is 23.4 Å². The Bertz CT molecular complexity index is 634. The number of hydrogen-bond donors (Lipinski definition) is 1. The number of ether oxygens (including phenoxy) is 1. The zero-order valence-electron chi connectivity index (χ0n) is 13.1.